The molecule has 3 rings (SSSR count). The first-order chi connectivity index (χ1) is 11.9. The maximum absolute atomic E-state index is 12.0. The molecule has 0 saturated heterocycles. The van der Waals surface area contributed by atoms with E-state index in [2.05, 4.69) is 11.1 Å². The highest BCUT2D eigenvalue weighted by Gasteiger charge is 2.26. The normalized spacial score (nSPS) is 12.1. The number of amides is 1. The van der Waals surface area contributed by atoms with Crippen molar-refractivity contribution in [3.8, 4) is 6.07 Å². The summed E-state index contributed by atoms with van der Waals surface area (Å²) in [6, 6.07) is 13.0. The molecule has 0 fully saturated rings. The monoisotopic (exact) mass is 371 g/mol. The van der Waals surface area contributed by atoms with Crippen LogP contribution in [0.5, 0.6) is 0 Å². The van der Waals surface area contributed by atoms with E-state index in [9.17, 15) is 10.1 Å². The molecule has 25 heavy (non-hydrogen) atoms. The average Bonchev–Trinajstić information content (AvgIpc) is 2.94. The lowest BCUT2D eigenvalue weighted by Gasteiger charge is -2.17. The Balaban J connectivity index is 2.30. The summed E-state index contributed by atoms with van der Waals surface area (Å²) in [6.07, 6.45) is 0. The van der Waals surface area contributed by atoms with Crippen LogP contribution in [0.2, 0.25) is 5.02 Å². The minimum Gasteiger partial charge on any atom is -0.364 e. The van der Waals surface area contributed by atoms with Crippen molar-refractivity contribution in [2.75, 3.05) is 7.11 Å². The number of rotatable bonds is 4. The Labute approximate surface area is 151 Å². The number of primary amides is 1. The molecule has 3 aromatic rings. The third-order valence-corrected chi connectivity index (χ3v) is 5.99. The van der Waals surface area contributed by atoms with Crippen LogP contribution in [0.25, 0.3) is 10.9 Å². The lowest BCUT2D eigenvalue weighted by Crippen LogP contribution is -2.23. The van der Waals surface area contributed by atoms with Crippen LogP contribution in [0, 0.1) is 18.3 Å². The molecule has 7 heteroatoms. The maximum atomic E-state index is 12.0. The molecule has 0 bridgehead atoms. The van der Waals surface area contributed by atoms with Gasteiger partial charge in [-0.05, 0) is 48.9 Å². The summed E-state index contributed by atoms with van der Waals surface area (Å²) in [4.78, 5) is 15.0. The zero-order valence-electron chi connectivity index (χ0n) is 13.6. The second-order valence-electron chi connectivity index (χ2n) is 5.55. The summed E-state index contributed by atoms with van der Waals surface area (Å²) in [7, 11) is 0.221. The molecule has 1 aromatic heterocycles. The molecule has 0 aliphatic heterocycles. The van der Waals surface area contributed by atoms with Gasteiger partial charge >= 0.3 is 0 Å². The minimum atomic E-state index is -1.36. The SMILES string of the molecule is COP(c1cc(C)cc(C#N)c1)c1c(C(N)=O)[nH]c2ccc(Cl)cc12. The van der Waals surface area contributed by atoms with Crippen LogP contribution in [0.1, 0.15) is 21.6 Å². The molecule has 0 saturated carbocycles. The number of nitrogens with zero attached hydrogens (tertiary/aromatic N) is 1. The Hall–Kier alpha value is -2.38. The number of nitriles is 1. The lowest BCUT2D eigenvalue weighted by atomic mass is 10.2. The van der Waals surface area contributed by atoms with E-state index in [0.29, 0.717) is 21.6 Å². The van der Waals surface area contributed by atoms with Gasteiger partial charge in [-0.3, -0.25) is 4.79 Å². The molecule has 1 atom stereocenters. The van der Waals surface area contributed by atoms with Crippen LogP contribution >= 0.6 is 19.7 Å². The first-order valence-corrected chi connectivity index (χ1v) is 9.05. The van der Waals surface area contributed by atoms with Crippen molar-refractivity contribution in [2.24, 2.45) is 5.73 Å². The average molecular weight is 372 g/mol. The smallest absolute Gasteiger partial charge is 0.265 e. The quantitative estimate of drug-likeness (QED) is 0.690. The van der Waals surface area contributed by atoms with Gasteiger partial charge in [0.25, 0.3) is 5.91 Å². The lowest BCUT2D eigenvalue weighted by molar-refractivity contribution is 0.0997. The molecule has 0 spiro atoms. The van der Waals surface area contributed by atoms with Crippen LogP contribution in [0.3, 0.4) is 0 Å². The molecule has 0 aliphatic rings. The predicted octanol–water partition coefficient (Wildman–Crippen LogP) is 3.09. The summed E-state index contributed by atoms with van der Waals surface area (Å²) in [6.45, 7) is 1.91. The number of carbonyl (C=O) groups excluding carboxylic acids is 1. The van der Waals surface area contributed by atoms with Crippen LogP contribution in [-0.4, -0.2) is 18.0 Å². The highest BCUT2D eigenvalue weighted by molar-refractivity contribution is 7.69. The summed E-state index contributed by atoms with van der Waals surface area (Å²) in [5, 5.41) is 12.1. The first kappa shape index (κ1) is 17.4. The molecule has 3 N–H and O–H groups in total. The highest BCUT2D eigenvalue weighted by atomic mass is 35.5. The zero-order chi connectivity index (χ0) is 18.1. The maximum Gasteiger partial charge on any atom is 0.265 e. The fourth-order valence-corrected chi connectivity index (χ4v) is 4.98. The molecule has 1 heterocycles. The van der Waals surface area contributed by atoms with E-state index in [-0.39, 0.29) is 0 Å². The van der Waals surface area contributed by atoms with Crippen LogP contribution in [0.15, 0.2) is 36.4 Å². The topological polar surface area (TPSA) is 91.9 Å². The van der Waals surface area contributed by atoms with Crippen molar-refractivity contribution >= 4 is 47.2 Å². The van der Waals surface area contributed by atoms with E-state index < -0.39 is 14.1 Å². The van der Waals surface area contributed by atoms with Gasteiger partial charge in [-0.15, -0.1) is 0 Å². The van der Waals surface area contributed by atoms with Gasteiger partial charge in [0, 0.05) is 33.6 Å². The van der Waals surface area contributed by atoms with Crippen molar-refractivity contribution < 1.29 is 9.32 Å². The summed E-state index contributed by atoms with van der Waals surface area (Å²) in [5.41, 5.74) is 8.11. The molecule has 1 unspecified atom stereocenters. The molecular weight excluding hydrogens is 357 g/mol. The van der Waals surface area contributed by atoms with E-state index in [4.69, 9.17) is 21.9 Å². The van der Waals surface area contributed by atoms with Gasteiger partial charge in [-0.2, -0.15) is 5.26 Å². The molecule has 0 radical (unpaired) electrons. The third-order valence-electron chi connectivity index (χ3n) is 3.79. The second kappa shape index (κ2) is 6.85. The van der Waals surface area contributed by atoms with Crippen molar-refractivity contribution in [3.05, 3.63) is 58.2 Å². The molecule has 0 aliphatic carbocycles. The summed E-state index contributed by atoms with van der Waals surface area (Å²) >= 11 is 6.14. The number of aryl methyl sites for hydroxylation is 1. The number of H-pyrrole nitrogens is 1. The number of nitrogens with one attached hydrogen (secondary N) is 1. The van der Waals surface area contributed by atoms with E-state index in [0.717, 1.165) is 21.8 Å². The minimum absolute atomic E-state index is 0.297. The number of nitrogens with two attached hydrogens (primary N) is 1. The highest BCUT2D eigenvalue weighted by Crippen LogP contribution is 2.39. The van der Waals surface area contributed by atoms with Crippen molar-refractivity contribution in [3.63, 3.8) is 0 Å². The van der Waals surface area contributed by atoms with Crippen molar-refractivity contribution in [1.82, 2.24) is 4.98 Å². The first-order valence-electron chi connectivity index (χ1n) is 7.41. The largest absolute Gasteiger partial charge is 0.364 e. The number of fused-ring (bicyclic) bond motifs is 1. The van der Waals surface area contributed by atoms with Crippen LogP contribution in [0.4, 0.5) is 0 Å². The Kier molecular flexibility index (Phi) is 4.78. The fourth-order valence-electron chi connectivity index (χ4n) is 2.81. The van der Waals surface area contributed by atoms with Gasteiger partial charge in [0.15, 0.2) is 0 Å². The van der Waals surface area contributed by atoms with Gasteiger partial charge in [-0.25, -0.2) is 0 Å². The van der Waals surface area contributed by atoms with Crippen LogP contribution < -0.4 is 16.3 Å². The molecule has 126 valence electrons. The summed E-state index contributed by atoms with van der Waals surface area (Å²) < 4.78 is 5.76. The number of aromatic amines is 1. The Bertz CT molecular complexity index is 1020. The van der Waals surface area contributed by atoms with Gasteiger partial charge in [0.2, 0.25) is 0 Å². The van der Waals surface area contributed by atoms with E-state index >= 15 is 0 Å². The van der Waals surface area contributed by atoms with Crippen LogP contribution in [-0.2, 0) is 4.52 Å². The van der Waals surface area contributed by atoms with Gasteiger partial charge < -0.3 is 15.2 Å². The Morgan fingerprint density at radius 2 is 2.08 bits per heavy atom. The molecular formula is C18H15ClN3O2P. The summed E-state index contributed by atoms with van der Waals surface area (Å²) in [5.74, 6) is -0.569. The van der Waals surface area contributed by atoms with Gasteiger partial charge in [0.1, 0.15) is 5.69 Å². The third kappa shape index (κ3) is 3.25. The molecule has 5 nitrogen and oxygen atoms in total. The Morgan fingerprint density at radius 3 is 2.72 bits per heavy atom. The standard InChI is InChI=1S/C18H15ClN3O2P/c1-10-5-11(9-20)7-13(6-10)25(24-2)17-14-8-12(19)3-4-15(14)22-16(17)18(21)23/h3-8,22H,1-2H3,(H2,21,23). The fraction of sp³-hybridized carbons (Fsp3) is 0.111. The predicted molar refractivity (Wildman–Crippen MR) is 101 cm³/mol. The molecule has 1 amide bonds. The van der Waals surface area contributed by atoms with E-state index in [1.165, 1.54) is 0 Å². The zero-order valence-corrected chi connectivity index (χ0v) is 15.3. The molecule has 2 aromatic carbocycles. The van der Waals surface area contributed by atoms with Crippen molar-refractivity contribution in [1.29, 1.82) is 5.26 Å². The van der Waals surface area contributed by atoms with Crippen molar-refractivity contribution in [2.45, 2.75) is 6.92 Å². The van der Waals surface area contributed by atoms with E-state index in [1.54, 1.807) is 37.4 Å². The van der Waals surface area contributed by atoms with Gasteiger partial charge in [-0.1, -0.05) is 11.6 Å². The number of benzene rings is 2. The Morgan fingerprint density at radius 1 is 1.32 bits per heavy atom. The van der Waals surface area contributed by atoms with E-state index in [1.807, 2.05) is 13.0 Å². The number of halogens is 1. The van der Waals surface area contributed by atoms with Gasteiger partial charge in [0.05, 0.1) is 19.8 Å². The number of carbonyl (C=O) groups is 1. The number of hydrogen-bond donors (Lipinski definition) is 2. The number of aromatic nitrogens is 1. The number of hydrogen-bond acceptors (Lipinski definition) is 3. The second-order valence-corrected chi connectivity index (χ2v) is 7.90.